The van der Waals surface area contributed by atoms with Gasteiger partial charge >= 0.3 is 0 Å². The van der Waals surface area contributed by atoms with Crippen LogP contribution in [0.15, 0.2) is 82.1 Å². The van der Waals surface area contributed by atoms with Crippen molar-refractivity contribution in [2.45, 2.75) is 25.3 Å². The van der Waals surface area contributed by atoms with Crippen molar-refractivity contribution < 1.29 is 4.79 Å². The fourth-order valence-corrected chi connectivity index (χ4v) is 6.31. The molecule has 1 aliphatic carbocycles. The predicted molar refractivity (Wildman–Crippen MR) is 132 cm³/mol. The SMILES string of the molecule is O=C(c1ccc2ccccc2n1)N1N=C2/C(=C\c3cccs3)CCCC2C1c1cccs1. The maximum atomic E-state index is 13.7. The summed E-state index contributed by atoms with van der Waals surface area (Å²) in [6.07, 6.45) is 5.40. The molecule has 4 heterocycles. The summed E-state index contributed by atoms with van der Waals surface area (Å²) in [5.74, 6) is 0.0875. The number of carbonyl (C=O) groups is 1. The summed E-state index contributed by atoms with van der Waals surface area (Å²) >= 11 is 3.43. The lowest BCUT2D eigenvalue weighted by Gasteiger charge is -2.28. The number of allylic oxidation sites excluding steroid dienone is 1. The van der Waals surface area contributed by atoms with E-state index < -0.39 is 0 Å². The third-order valence-electron chi connectivity index (χ3n) is 6.22. The van der Waals surface area contributed by atoms with Crippen molar-refractivity contribution in [3.8, 4) is 0 Å². The summed E-state index contributed by atoms with van der Waals surface area (Å²) in [5.41, 5.74) is 3.59. The number of hydrogen-bond donors (Lipinski definition) is 0. The van der Waals surface area contributed by atoms with Crippen LogP contribution in [-0.2, 0) is 0 Å². The maximum absolute atomic E-state index is 13.7. The highest BCUT2D eigenvalue weighted by Crippen LogP contribution is 2.46. The van der Waals surface area contributed by atoms with Gasteiger partial charge in [-0.25, -0.2) is 9.99 Å². The van der Waals surface area contributed by atoms with Crippen molar-refractivity contribution >= 4 is 51.3 Å². The molecule has 32 heavy (non-hydrogen) atoms. The lowest BCUT2D eigenvalue weighted by Crippen LogP contribution is -2.31. The average Bonchev–Trinajstić information content (AvgIpc) is 3.59. The monoisotopic (exact) mass is 455 g/mol. The van der Waals surface area contributed by atoms with E-state index in [-0.39, 0.29) is 17.9 Å². The van der Waals surface area contributed by atoms with Crippen molar-refractivity contribution in [2.24, 2.45) is 11.0 Å². The van der Waals surface area contributed by atoms with Gasteiger partial charge in [0.2, 0.25) is 0 Å². The molecule has 3 aromatic heterocycles. The number of thiophene rings is 2. The predicted octanol–water partition coefficient (Wildman–Crippen LogP) is 6.79. The first-order valence-corrected chi connectivity index (χ1v) is 12.6. The third kappa shape index (κ3) is 3.40. The Balaban J connectivity index is 1.43. The molecule has 1 saturated carbocycles. The molecule has 1 amide bonds. The van der Waals surface area contributed by atoms with Gasteiger partial charge in [-0.2, -0.15) is 5.10 Å². The first-order chi connectivity index (χ1) is 15.8. The first-order valence-electron chi connectivity index (χ1n) is 10.8. The molecule has 0 bridgehead atoms. The Bertz CT molecular complexity index is 1340. The van der Waals surface area contributed by atoms with Gasteiger partial charge in [-0.1, -0.05) is 36.4 Å². The summed E-state index contributed by atoms with van der Waals surface area (Å²) in [6.45, 7) is 0. The van der Waals surface area contributed by atoms with E-state index >= 15 is 0 Å². The van der Waals surface area contributed by atoms with Crippen LogP contribution in [0.5, 0.6) is 0 Å². The number of hydrazone groups is 1. The third-order valence-corrected chi connectivity index (χ3v) is 7.98. The topological polar surface area (TPSA) is 45.6 Å². The van der Waals surface area contributed by atoms with Gasteiger partial charge in [0.15, 0.2) is 0 Å². The van der Waals surface area contributed by atoms with Crippen LogP contribution in [0, 0.1) is 5.92 Å². The Morgan fingerprint density at radius 2 is 1.88 bits per heavy atom. The van der Waals surface area contributed by atoms with Gasteiger partial charge in [0.1, 0.15) is 5.69 Å². The molecule has 1 fully saturated rings. The molecule has 0 radical (unpaired) electrons. The zero-order chi connectivity index (χ0) is 21.5. The number of fused-ring (bicyclic) bond motifs is 2. The molecule has 4 nitrogen and oxygen atoms in total. The van der Waals surface area contributed by atoms with Gasteiger partial charge < -0.3 is 0 Å². The van der Waals surface area contributed by atoms with Crippen LogP contribution in [0.25, 0.3) is 17.0 Å². The van der Waals surface area contributed by atoms with E-state index in [2.05, 4.69) is 46.1 Å². The number of rotatable bonds is 3. The highest BCUT2D eigenvalue weighted by atomic mass is 32.1. The van der Waals surface area contributed by atoms with Crippen LogP contribution in [0.3, 0.4) is 0 Å². The van der Waals surface area contributed by atoms with E-state index in [0.29, 0.717) is 5.69 Å². The van der Waals surface area contributed by atoms with Gasteiger partial charge in [0.25, 0.3) is 5.91 Å². The van der Waals surface area contributed by atoms with Crippen LogP contribution in [0.1, 0.15) is 45.5 Å². The number of nitrogens with zero attached hydrogens (tertiary/aromatic N) is 3. The Kier molecular flexibility index (Phi) is 4.97. The lowest BCUT2D eigenvalue weighted by atomic mass is 9.79. The standard InChI is InChI=1S/C26H21N3OS2/c30-26(22-13-12-17-6-1-2-10-21(17)27-22)29-25(23-11-5-15-32-23)20-9-3-7-18(24(20)28-29)16-19-8-4-14-31-19/h1-2,4-6,8,10-16,20,25H,3,7,9H2/b18-16-. The normalized spacial score (nSPS) is 21.7. The second-order valence-electron chi connectivity index (χ2n) is 8.17. The molecule has 0 spiro atoms. The van der Waals surface area contributed by atoms with Gasteiger partial charge in [0, 0.05) is 21.1 Å². The molecule has 4 aromatic rings. The number of hydrogen-bond acceptors (Lipinski definition) is 5. The van der Waals surface area contributed by atoms with Gasteiger partial charge in [-0.3, -0.25) is 4.79 Å². The van der Waals surface area contributed by atoms with Crippen LogP contribution in [0.4, 0.5) is 0 Å². The van der Waals surface area contributed by atoms with Crippen LogP contribution >= 0.6 is 22.7 Å². The molecule has 6 heteroatoms. The Hall–Kier alpha value is -3.09. The van der Waals surface area contributed by atoms with E-state index in [1.165, 1.54) is 15.3 Å². The first kappa shape index (κ1) is 19.6. The van der Waals surface area contributed by atoms with Crippen molar-refractivity contribution in [3.05, 3.63) is 92.4 Å². The molecule has 1 aliphatic heterocycles. The zero-order valence-corrected chi connectivity index (χ0v) is 19.0. The summed E-state index contributed by atoms with van der Waals surface area (Å²) < 4.78 is 0. The minimum atomic E-state index is -0.133. The van der Waals surface area contributed by atoms with Crippen molar-refractivity contribution in [3.63, 3.8) is 0 Å². The number of carbonyl (C=O) groups excluding carboxylic acids is 1. The van der Waals surface area contributed by atoms with Crippen molar-refractivity contribution in [1.82, 2.24) is 9.99 Å². The van der Waals surface area contributed by atoms with E-state index in [1.54, 1.807) is 27.7 Å². The molecule has 2 unspecified atom stereocenters. The van der Waals surface area contributed by atoms with Crippen molar-refractivity contribution in [1.29, 1.82) is 0 Å². The van der Waals surface area contributed by atoms with Crippen molar-refractivity contribution in [2.75, 3.05) is 0 Å². The molecule has 0 N–H and O–H groups in total. The molecule has 1 aromatic carbocycles. The number of benzene rings is 1. The number of aromatic nitrogens is 1. The van der Waals surface area contributed by atoms with Crippen LogP contribution in [-0.4, -0.2) is 21.6 Å². The summed E-state index contributed by atoms with van der Waals surface area (Å²) in [4.78, 5) is 20.8. The summed E-state index contributed by atoms with van der Waals surface area (Å²) in [6, 6.07) is 20.0. The Morgan fingerprint density at radius 1 is 1.00 bits per heavy atom. The zero-order valence-electron chi connectivity index (χ0n) is 17.3. The molecule has 2 aliphatic rings. The molecule has 6 rings (SSSR count). The molecular formula is C26H21N3OS2. The van der Waals surface area contributed by atoms with E-state index in [0.717, 1.165) is 35.9 Å². The number of amides is 1. The fourth-order valence-electron chi connectivity index (χ4n) is 4.75. The molecule has 158 valence electrons. The molecule has 2 atom stereocenters. The Labute approximate surface area is 194 Å². The molecular weight excluding hydrogens is 434 g/mol. The smallest absolute Gasteiger partial charge is 0.265 e. The highest BCUT2D eigenvalue weighted by Gasteiger charge is 2.44. The fraction of sp³-hybridized carbons (Fsp3) is 0.192. The minimum absolute atomic E-state index is 0.0715. The number of pyridine rings is 1. The van der Waals surface area contributed by atoms with E-state index in [4.69, 9.17) is 5.10 Å². The van der Waals surface area contributed by atoms with E-state index in [1.807, 2.05) is 36.4 Å². The Morgan fingerprint density at radius 3 is 2.72 bits per heavy atom. The van der Waals surface area contributed by atoms with E-state index in [9.17, 15) is 4.79 Å². The lowest BCUT2D eigenvalue weighted by molar-refractivity contribution is 0.0678. The van der Waals surface area contributed by atoms with Crippen LogP contribution < -0.4 is 0 Å². The number of para-hydroxylation sites is 1. The van der Waals surface area contributed by atoms with Gasteiger partial charge in [0.05, 0.1) is 17.3 Å². The second-order valence-corrected chi connectivity index (χ2v) is 10.1. The van der Waals surface area contributed by atoms with Crippen LogP contribution in [0.2, 0.25) is 0 Å². The van der Waals surface area contributed by atoms with Gasteiger partial charge in [-0.05, 0) is 65.9 Å². The second kappa shape index (κ2) is 8.11. The average molecular weight is 456 g/mol. The summed E-state index contributed by atoms with van der Waals surface area (Å²) in [5, 5.41) is 11.9. The minimum Gasteiger partial charge on any atom is -0.265 e. The molecule has 0 saturated heterocycles. The highest BCUT2D eigenvalue weighted by molar-refractivity contribution is 7.11. The maximum Gasteiger partial charge on any atom is 0.293 e. The quantitative estimate of drug-likeness (QED) is 0.341. The van der Waals surface area contributed by atoms with Gasteiger partial charge in [-0.15, -0.1) is 22.7 Å². The summed E-state index contributed by atoms with van der Waals surface area (Å²) in [7, 11) is 0. The largest absolute Gasteiger partial charge is 0.293 e.